The molecule has 0 saturated carbocycles. The fraction of sp³-hybridized carbons (Fsp3) is 0.650. The second-order valence-electron chi connectivity index (χ2n) is 7.16. The molecule has 1 aromatic rings. The Morgan fingerprint density at radius 2 is 1.79 bits per heavy atom. The number of non-ortho nitro benzene ring substituents is 1. The van der Waals surface area contributed by atoms with Crippen LogP contribution in [0.15, 0.2) is 24.3 Å². The summed E-state index contributed by atoms with van der Waals surface area (Å²) in [6, 6.07) is 6.34. The van der Waals surface area contributed by atoms with Gasteiger partial charge in [0.05, 0.1) is 18.1 Å². The van der Waals surface area contributed by atoms with Crippen LogP contribution in [-0.2, 0) is 4.74 Å². The molecule has 0 unspecified atom stereocenters. The van der Waals surface area contributed by atoms with Gasteiger partial charge in [-0.25, -0.2) is 4.79 Å². The summed E-state index contributed by atoms with van der Waals surface area (Å²) in [4.78, 5) is 24.9. The highest BCUT2D eigenvalue weighted by Gasteiger charge is 2.27. The first-order valence-corrected chi connectivity index (χ1v) is 10.4. The molecule has 1 aliphatic rings. The molecule has 0 aromatic heterocycles. The first-order valence-electron chi connectivity index (χ1n) is 10.4. The molecule has 0 spiro atoms. The van der Waals surface area contributed by atoms with Gasteiger partial charge in [0.2, 0.25) is 0 Å². The molecule has 1 atom stereocenters. The number of benzene rings is 1. The Morgan fingerprint density at radius 3 is 2.38 bits per heavy atom. The minimum Gasteiger partial charge on any atom is -0.383 e. The number of ether oxygens (including phenoxy) is 1. The molecule has 0 aliphatic carbocycles. The Balaban J connectivity index is 1.71. The van der Waals surface area contributed by atoms with Crippen LogP contribution in [0.3, 0.4) is 0 Å². The van der Waals surface area contributed by atoms with Gasteiger partial charge in [-0.2, -0.15) is 0 Å². The summed E-state index contributed by atoms with van der Waals surface area (Å²) in [5.74, 6) is 0.539. The summed E-state index contributed by atoms with van der Waals surface area (Å²) in [5.41, 5.74) is 0.833. The van der Waals surface area contributed by atoms with E-state index in [0.717, 1.165) is 44.8 Å². The molecule has 2 amide bonds. The van der Waals surface area contributed by atoms with E-state index in [1.165, 1.54) is 12.1 Å². The van der Waals surface area contributed by atoms with Gasteiger partial charge in [0, 0.05) is 56.6 Å². The van der Waals surface area contributed by atoms with E-state index in [9.17, 15) is 14.9 Å². The van der Waals surface area contributed by atoms with Gasteiger partial charge >= 0.3 is 6.03 Å². The van der Waals surface area contributed by atoms with E-state index in [2.05, 4.69) is 34.7 Å². The molecule has 9 heteroatoms. The molecule has 162 valence electrons. The number of carbonyl (C=O) groups excluding carboxylic acids is 1. The number of nitrogens with zero attached hydrogens (tertiary/aromatic N) is 2. The van der Waals surface area contributed by atoms with Crippen LogP contribution < -0.4 is 16.0 Å². The van der Waals surface area contributed by atoms with Gasteiger partial charge in [0.25, 0.3) is 5.69 Å². The van der Waals surface area contributed by atoms with Crippen molar-refractivity contribution < 1.29 is 14.5 Å². The van der Waals surface area contributed by atoms with Crippen molar-refractivity contribution in [1.29, 1.82) is 0 Å². The summed E-state index contributed by atoms with van der Waals surface area (Å²) < 4.78 is 5.46. The van der Waals surface area contributed by atoms with Gasteiger partial charge in [-0.3, -0.25) is 15.0 Å². The number of anilines is 1. The SMILES string of the molecule is CCC(CC)[C@H](CNC(=O)NCCNc1ccc([N+](=O)[O-])cc1)N1CCOCC1. The van der Waals surface area contributed by atoms with Crippen molar-refractivity contribution in [2.45, 2.75) is 32.7 Å². The molecule has 1 aromatic carbocycles. The van der Waals surface area contributed by atoms with Gasteiger partial charge in [0.15, 0.2) is 0 Å². The molecule has 1 heterocycles. The van der Waals surface area contributed by atoms with E-state index in [1.54, 1.807) is 12.1 Å². The predicted molar refractivity (Wildman–Crippen MR) is 113 cm³/mol. The highest BCUT2D eigenvalue weighted by Crippen LogP contribution is 2.19. The quantitative estimate of drug-likeness (QED) is 0.295. The first kappa shape index (κ1) is 22.9. The van der Waals surface area contributed by atoms with Crippen molar-refractivity contribution in [3.05, 3.63) is 34.4 Å². The zero-order chi connectivity index (χ0) is 21.1. The normalized spacial score (nSPS) is 15.7. The lowest BCUT2D eigenvalue weighted by molar-refractivity contribution is -0.384. The maximum Gasteiger partial charge on any atom is 0.314 e. The molecule has 2 rings (SSSR count). The number of nitrogens with one attached hydrogen (secondary N) is 3. The topological polar surface area (TPSA) is 109 Å². The smallest absolute Gasteiger partial charge is 0.314 e. The summed E-state index contributed by atoms with van der Waals surface area (Å²) in [5, 5.41) is 19.7. The predicted octanol–water partition coefficient (Wildman–Crippen LogP) is 2.44. The summed E-state index contributed by atoms with van der Waals surface area (Å²) in [6.45, 7) is 9.31. The van der Waals surface area contributed by atoms with Crippen LogP contribution in [0, 0.1) is 16.0 Å². The maximum atomic E-state index is 12.2. The zero-order valence-electron chi connectivity index (χ0n) is 17.4. The van der Waals surface area contributed by atoms with E-state index in [4.69, 9.17) is 4.74 Å². The Labute approximate surface area is 172 Å². The summed E-state index contributed by atoms with van der Waals surface area (Å²) in [6.07, 6.45) is 2.17. The van der Waals surface area contributed by atoms with Crippen molar-refractivity contribution in [2.24, 2.45) is 5.92 Å². The lowest BCUT2D eigenvalue weighted by Gasteiger charge is -2.38. The third-order valence-electron chi connectivity index (χ3n) is 5.40. The monoisotopic (exact) mass is 407 g/mol. The highest BCUT2D eigenvalue weighted by molar-refractivity contribution is 5.73. The Morgan fingerprint density at radius 1 is 1.14 bits per heavy atom. The average molecular weight is 408 g/mol. The van der Waals surface area contributed by atoms with Crippen molar-refractivity contribution in [3.8, 4) is 0 Å². The lowest BCUT2D eigenvalue weighted by atomic mass is 9.92. The lowest BCUT2D eigenvalue weighted by Crippen LogP contribution is -2.53. The van der Waals surface area contributed by atoms with E-state index in [-0.39, 0.29) is 11.7 Å². The van der Waals surface area contributed by atoms with Crippen molar-refractivity contribution >= 4 is 17.4 Å². The zero-order valence-corrected chi connectivity index (χ0v) is 17.4. The van der Waals surface area contributed by atoms with Crippen LogP contribution in [0.4, 0.5) is 16.2 Å². The fourth-order valence-electron chi connectivity index (χ4n) is 3.68. The van der Waals surface area contributed by atoms with Crippen molar-refractivity contribution in [3.63, 3.8) is 0 Å². The molecule has 29 heavy (non-hydrogen) atoms. The standard InChI is InChI=1S/C20H33N5O4/c1-3-16(4-2)19(24-11-13-29-14-12-24)15-23-20(26)22-10-9-21-17-5-7-18(8-6-17)25(27)28/h5-8,16,19,21H,3-4,9-15H2,1-2H3,(H2,22,23,26)/t19-/m0/s1. The number of nitro benzene ring substituents is 1. The van der Waals surface area contributed by atoms with E-state index in [1.807, 2.05) is 0 Å². The van der Waals surface area contributed by atoms with Gasteiger partial charge in [-0.05, 0) is 18.1 Å². The molecule has 1 aliphatic heterocycles. The first-order chi connectivity index (χ1) is 14.0. The minimum atomic E-state index is -0.429. The summed E-state index contributed by atoms with van der Waals surface area (Å²) >= 11 is 0. The average Bonchev–Trinajstić information content (AvgIpc) is 2.75. The third kappa shape index (κ3) is 7.51. The maximum absolute atomic E-state index is 12.2. The molecule has 9 nitrogen and oxygen atoms in total. The third-order valence-corrected chi connectivity index (χ3v) is 5.40. The number of morpholine rings is 1. The molecule has 0 bridgehead atoms. The number of hydrogen-bond acceptors (Lipinski definition) is 6. The number of carbonyl (C=O) groups is 1. The van der Waals surface area contributed by atoms with Crippen LogP contribution in [0.1, 0.15) is 26.7 Å². The van der Waals surface area contributed by atoms with Gasteiger partial charge in [-0.15, -0.1) is 0 Å². The number of amides is 2. The number of rotatable bonds is 11. The molecular formula is C20H33N5O4. The van der Waals surface area contributed by atoms with E-state index >= 15 is 0 Å². The minimum absolute atomic E-state index is 0.0559. The molecule has 3 N–H and O–H groups in total. The van der Waals surface area contributed by atoms with E-state index < -0.39 is 4.92 Å². The van der Waals surface area contributed by atoms with Crippen LogP contribution in [0.5, 0.6) is 0 Å². The number of nitro groups is 1. The van der Waals surface area contributed by atoms with Crippen molar-refractivity contribution in [1.82, 2.24) is 15.5 Å². The summed E-state index contributed by atoms with van der Waals surface area (Å²) in [7, 11) is 0. The molecule has 1 saturated heterocycles. The van der Waals surface area contributed by atoms with Crippen LogP contribution in [-0.4, -0.2) is 67.8 Å². The fourth-order valence-corrected chi connectivity index (χ4v) is 3.68. The molecule has 1 fully saturated rings. The van der Waals surface area contributed by atoms with Crippen LogP contribution >= 0.6 is 0 Å². The van der Waals surface area contributed by atoms with Gasteiger partial charge in [-0.1, -0.05) is 26.7 Å². The highest BCUT2D eigenvalue weighted by atomic mass is 16.6. The number of urea groups is 1. The van der Waals surface area contributed by atoms with Crippen molar-refractivity contribution in [2.75, 3.05) is 51.3 Å². The largest absolute Gasteiger partial charge is 0.383 e. The Kier molecular flexibility index (Phi) is 9.66. The Bertz CT molecular complexity index is 630. The second kappa shape index (κ2) is 12.2. The van der Waals surface area contributed by atoms with Crippen LogP contribution in [0.25, 0.3) is 0 Å². The van der Waals surface area contributed by atoms with E-state index in [0.29, 0.717) is 31.6 Å². The number of hydrogen-bond donors (Lipinski definition) is 3. The molecule has 0 radical (unpaired) electrons. The van der Waals surface area contributed by atoms with Gasteiger partial charge in [0.1, 0.15) is 0 Å². The Hall–Kier alpha value is -2.39. The second-order valence-corrected chi connectivity index (χ2v) is 7.16. The van der Waals surface area contributed by atoms with Crippen LogP contribution in [0.2, 0.25) is 0 Å². The van der Waals surface area contributed by atoms with Gasteiger partial charge < -0.3 is 20.7 Å². The molecular weight excluding hydrogens is 374 g/mol.